The molecule has 0 saturated heterocycles. The second-order valence-electron chi connectivity index (χ2n) is 2.38. The van der Waals surface area contributed by atoms with Crippen LogP contribution < -0.4 is 0 Å². The molecule has 0 spiro atoms. The van der Waals surface area contributed by atoms with Gasteiger partial charge < -0.3 is 0 Å². The Morgan fingerprint density at radius 1 is 1.43 bits per heavy atom. The van der Waals surface area contributed by atoms with Crippen molar-refractivity contribution in [3.8, 4) is 0 Å². The van der Waals surface area contributed by atoms with E-state index in [-0.39, 0.29) is 0 Å². The molecule has 2 aromatic rings. The third-order valence-electron chi connectivity index (χ3n) is 1.31. The number of aromatic nitrogens is 4. The molecule has 0 atom stereocenters. The Bertz CT molecular complexity index is 470. The Labute approximate surface area is 97.8 Å². The maximum absolute atomic E-state index is 4.93. The first-order valence-corrected chi connectivity index (χ1v) is 6.74. The van der Waals surface area contributed by atoms with Crippen molar-refractivity contribution in [3.05, 3.63) is 14.0 Å². The Morgan fingerprint density at radius 2 is 2.29 bits per heavy atom. The quantitative estimate of drug-likeness (QED) is 0.681. The number of nitrogens with zero attached hydrogens (tertiary/aromatic N) is 3. The summed E-state index contributed by atoms with van der Waals surface area (Å²) in [6.45, 7) is 1.94. The van der Waals surface area contributed by atoms with Gasteiger partial charge in [-0.05, 0) is 19.1 Å². The summed E-state index contributed by atoms with van der Waals surface area (Å²) >= 11 is 9.66. The van der Waals surface area contributed by atoms with Crippen LogP contribution in [0.5, 0.6) is 0 Å². The lowest BCUT2D eigenvalue weighted by molar-refractivity contribution is 0.981. The van der Waals surface area contributed by atoms with E-state index in [0.717, 1.165) is 20.1 Å². The molecule has 14 heavy (non-hydrogen) atoms. The van der Waals surface area contributed by atoms with Crippen molar-refractivity contribution < 1.29 is 0 Å². The third-order valence-corrected chi connectivity index (χ3v) is 4.56. The lowest BCUT2D eigenvalue weighted by Gasteiger charge is -1.89. The predicted octanol–water partition coefficient (Wildman–Crippen LogP) is 2.65. The Balaban J connectivity index is 1.98. The standard InChI is InChI=1S/C6H6N4S4/c1-3-7-10-6(13-3)12-2-4-8-9-5(11)14-4/h2H2,1H3,(H,9,11). The number of aryl methyl sites for hydroxylation is 1. The summed E-state index contributed by atoms with van der Waals surface area (Å²) in [5.74, 6) is 0.798. The molecule has 0 aliphatic heterocycles. The van der Waals surface area contributed by atoms with Gasteiger partial charge in [0.1, 0.15) is 10.0 Å². The van der Waals surface area contributed by atoms with Crippen LogP contribution in [0.25, 0.3) is 0 Å². The fourth-order valence-electron chi connectivity index (χ4n) is 0.783. The smallest absolute Gasteiger partial charge is 0.176 e. The minimum absolute atomic E-state index is 0.717. The fourth-order valence-corrected chi connectivity index (χ4v) is 3.53. The number of rotatable bonds is 3. The molecule has 0 aromatic carbocycles. The Kier molecular flexibility index (Phi) is 3.26. The lowest BCUT2D eigenvalue weighted by atomic mass is 10.9. The maximum atomic E-state index is 4.93. The van der Waals surface area contributed by atoms with E-state index in [1.165, 1.54) is 11.3 Å². The minimum Gasteiger partial charge on any atom is -0.258 e. The molecule has 0 saturated carbocycles. The zero-order valence-electron chi connectivity index (χ0n) is 7.18. The highest BCUT2D eigenvalue weighted by Gasteiger charge is 2.03. The van der Waals surface area contributed by atoms with Gasteiger partial charge in [-0.2, -0.15) is 5.10 Å². The average Bonchev–Trinajstić information content (AvgIpc) is 2.72. The number of hydrogen-bond donors (Lipinski definition) is 1. The van der Waals surface area contributed by atoms with E-state index in [9.17, 15) is 0 Å². The van der Waals surface area contributed by atoms with Gasteiger partial charge in [-0.3, -0.25) is 5.10 Å². The number of nitrogens with one attached hydrogen (secondary N) is 1. The van der Waals surface area contributed by atoms with Gasteiger partial charge in [0, 0.05) is 0 Å². The van der Waals surface area contributed by atoms with Crippen LogP contribution in [0.1, 0.15) is 10.0 Å². The highest BCUT2D eigenvalue weighted by atomic mass is 32.2. The second-order valence-corrected chi connectivity index (χ2v) is 6.54. The van der Waals surface area contributed by atoms with E-state index in [0.29, 0.717) is 3.95 Å². The fraction of sp³-hybridized carbons (Fsp3) is 0.333. The van der Waals surface area contributed by atoms with E-state index in [2.05, 4.69) is 20.4 Å². The first kappa shape index (κ1) is 10.2. The molecule has 0 aliphatic carbocycles. The molecule has 0 unspecified atom stereocenters. The monoisotopic (exact) mass is 262 g/mol. The van der Waals surface area contributed by atoms with Gasteiger partial charge in [-0.15, -0.1) is 10.2 Å². The number of H-pyrrole nitrogens is 1. The molecule has 74 valence electrons. The third kappa shape index (κ3) is 2.59. The van der Waals surface area contributed by atoms with E-state index in [4.69, 9.17) is 12.2 Å². The van der Waals surface area contributed by atoms with Gasteiger partial charge in [0.2, 0.25) is 0 Å². The number of hydrogen-bond acceptors (Lipinski definition) is 7. The lowest BCUT2D eigenvalue weighted by Crippen LogP contribution is -1.78. The van der Waals surface area contributed by atoms with Crippen molar-refractivity contribution >= 4 is 46.7 Å². The molecule has 1 N–H and O–H groups in total. The van der Waals surface area contributed by atoms with Crippen molar-refractivity contribution in [1.82, 2.24) is 20.4 Å². The highest BCUT2D eigenvalue weighted by Crippen LogP contribution is 2.25. The average molecular weight is 262 g/mol. The van der Waals surface area contributed by atoms with Crippen molar-refractivity contribution in [1.29, 1.82) is 0 Å². The van der Waals surface area contributed by atoms with Crippen LogP contribution in [0.2, 0.25) is 0 Å². The van der Waals surface area contributed by atoms with E-state index >= 15 is 0 Å². The molecule has 0 bridgehead atoms. The van der Waals surface area contributed by atoms with Crippen LogP contribution in [0.4, 0.5) is 0 Å². The van der Waals surface area contributed by atoms with Crippen LogP contribution in [0.15, 0.2) is 4.34 Å². The Morgan fingerprint density at radius 3 is 2.86 bits per heavy atom. The Hall–Kier alpha value is -0.310. The minimum atomic E-state index is 0.717. The van der Waals surface area contributed by atoms with E-state index in [1.807, 2.05) is 6.92 Å². The van der Waals surface area contributed by atoms with Crippen molar-refractivity contribution in [2.45, 2.75) is 17.0 Å². The van der Waals surface area contributed by atoms with Gasteiger partial charge in [0.05, 0.1) is 5.75 Å². The summed E-state index contributed by atoms with van der Waals surface area (Å²) in [4.78, 5) is 0. The molecule has 2 aromatic heterocycles. The molecule has 2 rings (SSSR count). The first-order chi connectivity index (χ1) is 6.74. The van der Waals surface area contributed by atoms with Gasteiger partial charge in [-0.25, -0.2) is 0 Å². The van der Waals surface area contributed by atoms with Gasteiger partial charge in [-0.1, -0.05) is 34.4 Å². The van der Waals surface area contributed by atoms with Crippen molar-refractivity contribution in [3.63, 3.8) is 0 Å². The number of thioether (sulfide) groups is 1. The summed E-state index contributed by atoms with van der Waals surface area (Å²) in [6.07, 6.45) is 0. The van der Waals surface area contributed by atoms with Gasteiger partial charge in [0.15, 0.2) is 8.29 Å². The molecule has 0 aliphatic rings. The molecule has 0 fully saturated rings. The normalized spacial score (nSPS) is 10.6. The largest absolute Gasteiger partial charge is 0.258 e. The summed E-state index contributed by atoms with van der Waals surface area (Å²) in [5.41, 5.74) is 0. The van der Waals surface area contributed by atoms with Crippen LogP contribution >= 0.6 is 46.7 Å². The number of aromatic amines is 1. The highest BCUT2D eigenvalue weighted by molar-refractivity contribution is 8.00. The molecule has 0 radical (unpaired) electrons. The van der Waals surface area contributed by atoms with Crippen LogP contribution in [-0.2, 0) is 5.75 Å². The van der Waals surface area contributed by atoms with E-state index in [1.54, 1.807) is 23.1 Å². The SMILES string of the molecule is Cc1nnc(SCc2n[nH]c(=S)s2)s1. The van der Waals surface area contributed by atoms with Gasteiger partial charge in [0.25, 0.3) is 0 Å². The van der Waals surface area contributed by atoms with E-state index < -0.39 is 0 Å². The summed E-state index contributed by atoms with van der Waals surface area (Å²) in [6, 6.07) is 0. The first-order valence-electron chi connectivity index (χ1n) is 3.71. The van der Waals surface area contributed by atoms with Crippen molar-refractivity contribution in [2.75, 3.05) is 0 Å². The predicted molar refractivity (Wildman–Crippen MR) is 61.5 cm³/mol. The molecule has 4 nitrogen and oxygen atoms in total. The summed E-state index contributed by atoms with van der Waals surface area (Å²) < 4.78 is 1.69. The van der Waals surface area contributed by atoms with Crippen LogP contribution in [0.3, 0.4) is 0 Å². The molecular weight excluding hydrogens is 256 g/mol. The molecule has 0 amide bonds. The summed E-state index contributed by atoms with van der Waals surface area (Å²) in [7, 11) is 0. The van der Waals surface area contributed by atoms with Crippen molar-refractivity contribution in [2.24, 2.45) is 0 Å². The van der Waals surface area contributed by atoms with Crippen LogP contribution in [-0.4, -0.2) is 20.4 Å². The van der Waals surface area contributed by atoms with Crippen LogP contribution in [0, 0.1) is 10.9 Å². The zero-order valence-corrected chi connectivity index (χ0v) is 10.4. The zero-order chi connectivity index (χ0) is 9.97. The molecule has 2 heterocycles. The summed E-state index contributed by atoms with van der Waals surface area (Å²) in [5, 5.41) is 16.7. The second kappa shape index (κ2) is 4.47. The molecule has 8 heteroatoms. The maximum Gasteiger partial charge on any atom is 0.176 e. The van der Waals surface area contributed by atoms with Gasteiger partial charge >= 0.3 is 0 Å². The topological polar surface area (TPSA) is 54.5 Å². The molecular formula is C6H6N4S4.